The van der Waals surface area contributed by atoms with Crippen LogP contribution in [0.5, 0.6) is 5.75 Å². The average Bonchev–Trinajstić information content (AvgIpc) is 2.67. The van der Waals surface area contributed by atoms with Crippen molar-refractivity contribution in [3.05, 3.63) is 64.7 Å². The summed E-state index contributed by atoms with van der Waals surface area (Å²) < 4.78 is 6.06. The van der Waals surface area contributed by atoms with Crippen molar-refractivity contribution in [1.29, 1.82) is 0 Å². The minimum Gasteiger partial charge on any atom is -0.481 e. The van der Waals surface area contributed by atoms with Crippen LogP contribution in [0, 0.1) is 6.92 Å². The molecular formula is C23H29NO2. The van der Waals surface area contributed by atoms with Gasteiger partial charge in [0.1, 0.15) is 5.75 Å². The summed E-state index contributed by atoms with van der Waals surface area (Å²) in [5, 5.41) is 3.14. The zero-order chi connectivity index (χ0) is 18.5. The molecule has 2 aromatic rings. The fourth-order valence-electron chi connectivity index (χ4n) is 3.61. The Balaban J connectivity index is 1.67. The fourth-order valence-corrected chi connectivity index (χ4v) is 3.61. The van der Waals surface area contributed by atoms with Gasteiger partial charge in [0, 0.05) is 0 Å². The van der Waals surface area contributed by atoms with Crippen LogP contribution in [0.1, 0.15) is 61.4 Å². The summed E-state index contributed by atoms with van der Waals surface area (Å²) in [6.45, 7) is 5.99. The topological polar surface area (TPSA) is 38.3 Å². The van der Waals surface area contributed by atoms with Gasteiger partial charge >= 0.3 is 0 Å². The zero-order valence-corrected chi connectivity index (χ0v) is 16.0. The van der Waals surface area contributed by atoms with E-state index in [1.54, 1.807) is 0 Å². The van der Waals surface area contributed by atoms with Gasteiger partial charge in [-0.25, -0.2) is 0 Å². The lowest BCUT2D eigenvalue weighted by Crippen LogP contribution is -2.38. The van der Waals surface area contributed by atoms with Crippen molar-refractivity contribution in [3.63, 3.8) is 0 Å². The highest BCUT2D eigenvalue weighted by Gasteiger charge is 2.21. The molecule has 1 N–H and O–H groups in total. The van der Waals surface area contributed by atoms with Gasteiger partial charge < -0.3 is 10.1 Å². The Morgan fingerprint density at radius 2 is 1.85 bits per heavy atom. The first kappa shape index (κ1) is 18.5. The molecule has 1 amide bonds. The van der Waals surface area contributed by atoms with Gasteiger partial charge in [-0.2, -0.15) is 0 Å². The van der Waals surface area contributed by atoms with Crippen molar-refractivity contribution < 1.29 is 9.53 Å². The van der Waals surface area contributed by atoms with Gasteiger partial charge in [0.25, 0.3) is 5.91 Å². The van der Waals surface area contributed by atoms with E-state index in [0.717, 1.165) is 30.6 Å². The minimum absolute atomic E-state index is 0.0128. The lowest BCUT2D eigenvalue weighted by Gasteiger charge is -2.24. The molecule has 2 aromatic carbocycles. The first-order chi connectivity index (χ1) is 12.6. The van der Waals surface area contributed by atoms with Gasteiger partial charge in [0.2, 0.25) is 0 Å². The van der Waals surface area contributed by atoms with Crippen molar-refractivity contribution in [2.45, 2.75) is 65.0 Å². The number of carbonyl (C=O) groups excluding carboxylic acids is 1. The molecule has 0 aliphatic heterocycles. The third-order valence-electron chi connectivity index (χ3n) is 5.23. The lowest BCUT2D eigenvalue weighted by molar-refractivity contribution is -0.128. The third kappa shape index (κ3) is 4.27. The Morgan fingerprint density at radius 1 is 1.12 bits per heavy atom. The summed E-state index contributed by atoms with van der Waals surface area (Å²) in [4.78, 5) is 12.7. The maximum atomic E-state index is 12.7. The van der Waals surface area contributed by atoms with Gasteiger partial charge in [0.05, 0.1) is 6.04 Å². The summed E-state index contributed by atoms with van der Waals surface area (Å²) in [6.07, 6.45) is 4.92. The Bertz CT molecular complexity index is 751. The van der Waals surface area contributed by atoms with E-state index in [-0.39, 0.29) is 11.9 Å². The molecule has 0 unspecified atom stereocenters. The largest absolute Gasteiger partial charge is 0.481 e. The van der Waals surface area contributed by atoms with Crippen molar-refractivity contribution >= 4 is 5.91 Å². The Kier molecular flexibility index (Phi) is 5.97. The van der Waals surface area contributed by atoms with E-state index >= 15 is 0 Å². The summed E-state index contributed by atoms with van der Waals surface area (Å²) in [5.41, 5.74) is 5.01. The maximum absolute atomic E-state index is 12.7. The van der Waals surface area contributed by atoms with Crippen LogP contribution in [-0.4, -0.2) is 12.0 Å². The van der Waals surface area contributed by atoms with Gasteiger partial charge in [-0.15, -0.1) is 0 Å². The summed E-state index contributed by atoms with van der Waals surface area (Å²) >= 11 is 0. The molecule has 0 radical (unpaired) electrons. The van der Waals surface area contributed by atoms with Crippen molar-refractivity contribution in [2.75, 3.05) is 0 Å². The number of fused-ring (bicyclic) bond motifs is 1. The SMILES string of the molecule is CC[C@@H](NC(=O)[C@@H](C)Oc1cccc2c1CCCC2)c1ccc(C)cc1. The number of hydrogen-bond donors (Lipinski definition) is 1. The quantitative estimate of drug-likeness (QED) is 0.803. The van der Waals surface area contributed by atoms with Crippen molar-refractivity contribution in [2.24, 2.45) is 0 Å². The van der Waals surface area contributed by atoms with Gasteiger partial charge in [-0.05, 0) is 68.7 Å². The predicted octanol–water partition coefficient (Wildman–Crippen LogP) is 4.91. The number of nitrogens with one attached hydrogen (secondary N) is 1. The number of amides is 1. The van der Waals surface area contributed by atoms with E-state index in [1.165, 1.54) is 29.5 Å². The van der Waals surface area contributed by atoms with Crippen LogP contribution in [0.3, 0.4) is 0 Å². The van der Waals surface area contributed by atoms with E-state index in [0.29, 0.717) is 0 Å². The van der Waals surface area contributed by atoms with Crippen LogP contribution in [0.15, 0.2) is 42.5 Å². The normalized spacial score (nSPS) is 15.7. The summed E-state index contributed by atoms with van der Waals surface area (Å²) in [6, 6.07) is 14.6. The highest BCUT2D eigenvalue weighted by Crippen LogP contribution is 2.30. The molecule has 0 bridgehead atoms. The van der Waals surface area contributed by atoms with E-state index in [9.17, 15) is 4.79 Å². The highest BCUT2D eigenvalue weighted by atomic mass is 16.5. The number of ether oxygens (including phenoxy) is 1. The molecule has 26 heavy (non-hydrogen) atoms. The van der Waals surface area contributed by atoms with E-state index < -0.39 is 6.10 Å². The fraction of sp³-hybridized carbons (Fsp3) is 0.435. The molecule has 2 atom stereocenters. The monoisotopic (exact) mass is 351 g/mol. The molecule has 0 fully saturated rings. The molecular weight excluding hydrogens is 322 g/mol. The second kappa shape index (κ2) is 8.39. The lowest BCUT2D eigenvalue weighted by atomic mass is 9.91. The van der Waals surface area contributed by atoms with Gasteiger partial charge in [-0.3, -0.25) is 4.79 Å². The smallest absolute Gasteiger partial charge is 0.261 e. The third-order valence-corrected chi connectivity index (χ3v) is 5.23. The maximum Gasteiger partial charge on any atom is 0.261 e. The zero-order valence-electron chi connectivity index (χ0n) is 16.0. The molecule has 0 saturated heterocycles. The predicted molar refractivity (Wildman–Crippen MR) is 106 cm³/mol. The van der Waals surface area contributed by atoms with E-state index in [1.807, 2.05) is 19.1 Å². The van der Waals surface area contributed by atoms with E-state index in [4.69, 9.17) is 4.74 Å². The Morgan fingerprint density at radius 3 is 2.58 bits per heavy atom. The molecule has 1 aliphatic rings. The molecule has 0 saturated carbocycles. The number of rotatable bonds is 6. The number of aryl methyl sites for hydroxylation is 2. The minimum atomic E-state index is -0.511. The van der Waals surface area contributed by atoms with Gasteiger partial charge in [0.15, 0.2) is 6.10 Å². The average molecular weight is 351 g/mol. The summed E-state index contributed by atoms with van der Waals surface area (Å²) in [5.74, 6) is 0.805. The molecule has 0 spiro atoms. The Hall–Kier alpha value is -2.29. The summed E-state index contributed by atoms with van der Waals surface area (Å²) in [7, 11) is 0. The van der Waals surface area contributed by atoms with Crippen LogP contribution < -0.4 is 10.1 Å². The molecule has 3 rings (SSSR count). The van der Waals surface area contributed by atoms with Gasteiger partial charge in [-0.1, -0.05) is 48.9 Å². The van der Waals surface area contributed by atoms with E-state index in [2.05, 4.69) is 49.5 Å². The van der Waals surface area contributed by atoms with Crippen LogP contribution in [-0.2, 0) is 17.6 Å². The molecule has 3 nitrogen and oxygen atoms in total. The number of benzene rings is 2. The van der Waals surface area contributed by atoms with Crippen LogP contribution >= 0.6 is 0 Å². The molecule has 1 aliphatic carbocycles. The van der Waals surface area contributed by atoms with Crippen LogP contribution in [0.2, 0.25) is 0 Å². The molecule has 3 heteroatoms. The Labute approximate surface area is 156 Å². The van der Waals surface area contributed by atoms with Crippen LogP contribution in [0.4, 0.5) is 0 Å². The molecule has 0 aromatic heterocycles. The van der Waals surface area contributed by atoms with Crippen LogP contribution in [0.25, 0.3) is 0 Å². The first-order valence-electron chi connectivity index (χ1n) is 9.73. The van der Waals surface area contributed by atoms with Crippen molar-refractivity contribution in [3.8, 4) is 5.75 Å². The molecule has 138 valence electrons. The number of hydrogen-bond acceptors (Lipinski definition) is 2. The second-order valence-corrected chi connectivity index (χ2v) is 7.24. The number of carbonyl (C=O) groups is 1. The standard InChI is InChI=1S/C23H29NO2/c1-4-21(19-14-12-16(2)13-15-19)24-23(25)17(3)26-22-11-7-9-18-8-5-6-10-20(18)22/h7,9,11-15,17,21H,4-6,8,10H2,1-3H3,(H,24,25)/t17-,21-/m1/s1. The second-order valence-electron chi connectivity index (χ2n) is 7.24. The molecule has 0 heterocycles. The highest BCUT2D eigenvalue weighted by molar-refractivity contribution is 5.81. The van der Waals surface area contributed by atoms with Crippen molar-refractivity contribution in [1.82, 2.24) is 5.32 Å². The first-order valence-corrected chi connectivity index (χ1v) is 9.73.